The van der Waals surface area contributed by atoms with E-state index in [4.69, 9.17) is 0 Å². The minimum Gasteiger partial charge on any atom is -0.349 e. The lowest BCUT2D eigenvalue weighted by molar-refractivity contribution is 0.0924. The molecule has 0 saturated carbocycles. The zero-order valence-electron chi connectivity index (χ0n) is 15.2. The van der Waals surface area contributed by atoms with Gasteiger partial charge in [0.2, 0.25) is 0 Å². The van der Waals surface area contributed by atoms with E-state index in [2.05, 4.69) is 39.6 Å². The van der Waals surface area contributed by atoms with E-state index in [1.165, 1.54) is 18.4 Å². The van der Waals surface area contributed by atoms with Crippen LogP contribution >= 0.6 is 0 Å². The van der Waals surface area contributed by atoms with Crippen LogP contribution in [0.4, 0.5) is 0 Å². The number of hydrogen-bond acceptors (Lipinski definition) is 4. The fraction of sp³-hybridized carbons (Fsp3) is 0.650. The van der Waals surface area contributed by atoms with Crippen molar-refractivity contribution in [3.05, 3.63) is 35.4 Å². The van der Waals surface area contributed by atoms with E-state index in [9.17, 15) is 4.79 Å². The second kappa shape index (κ2) is 7.44. The molecule has 1 aromatic rings. The Bertz CT molecular complexity index is 582. The molecule has 136 valence electrons. The van der Waals surface area contributed by atoms with E-state index < -0.39 is 0 Å². The maximum atomic E-state index is 12.5. The van der Waals surface area contributed by atoms with Crippen molar-refractivity contribution in [3.8, 4) is 0 Å². The zero-order chi connectivity index (χ0) is 17.2. The van der Waals surface area contributed by atoms with Crippen molar-refractivity contribution in [1.82, 2.24) is 20.4 Å². The number of nitrogens with zero attached hydrogens (tertiary/aromatic N) is 2. The van der Waals surface area contributed by atoms with E-state index in [1.807, 2.05) is 12.1 Å². The summed E-state index contributed by atoms with van der Waals surface area (Å²) >= 11 is 0. The summed E-state index contributed by atoms with van der Waals surface area (Å²) in [6.45, 7) is 5.50. The molecule has 1 amide bonds. The van der Waals surface area contributed by atoms with Crippen LogP contribution in [-0.2, 0) is 6.54 Å². The van der Waals surface area contributed by atoms with E-state index in [0.29, 0.717) is 18.1 Å². The van der Waals surface area contributed by atoms with Gasteiger partial charge in [0.1, 0.15) is 0 Å². The van der Waals surface area contributed by atoms with Crippen molar-refractivity contribution in [2.45, 2.75) is 50.4 Å². The lowest BCUT2D eigenvalue weighted by atomic mass is 9.99. The summed E-state index contributed by atoms with van der Waals surface area (Å²) in [4.78, 5) is 17.4. The first-order valence-electron chi connectivity index (χ1n) is 9.72. The van der Waals surface area contributed by atoms with Crippen LogP contribution in [0, 0.1) is 0 Å². The highest BCUT2D eigenvalue weighted by Crippen LogP contribution is 2.26. The summed E-state index contributed by atoms with van der Waals surface area (Å²) in [6.07, 6.45) is 4.67. The van der Waals surface area contributed by atoms with Crippen LogP contribution in [-0.4, -0.2) is 67.1 Å². The van der Waals surface area contributed by atoms with Gasteiger partial charge in [-0.3, -0.25) is 9.69 Å². The molecule has 1 aromatic carbocycles. The molecule has 2 N–H and O–H groups in total. The Morgan fingerprint density at radius 3 is 2.36 bits per heavy atom. The minimum absolute atomic E-state index is 0.0810. The highest BCUT2D eigenvalue weighted by atomic mass is 16.1. The Balaban J connectivity index is 1.30. The van der Waals surface area contributed by atoms with E-state index >= 15 is 0 Å². The number of carbonyl (C=O) groups is 1. The number of likely N-dealkylation sites (N-methyl/N-ethyl adjacent to an activating group) is 1. The van der Waals surface area contributed by atoms with Crippen molar-refractivity contribution in [3.63, 3.8) is 0 Å². The fourth-order valence-corrected chi connectivity index (χ4v) is 4.47. The van der Waals surface area contributed by atoms with Gasteiger partial charge in [0, 0.05) is 56.4 Å². The molecular weight excluding hydrogens is 312 g/mol. The molecule has 5 nitrogen and oxygen atoms in total. The van der Waals surface area contributed by atoms with Crippen LogP contribution in [0.3, 0.4) is 0 Å². The van der Waals surface area contributed by atoms with Crippen LogP contribution in [0.1, 0.15) is 41.6 Å². The van der Waals surface area contributed by atoms with Gasteiger partial charge in [-0.1, -0.05) is 12.1 Å². The second-order valence-corrected chi connectivity index (χ2v) is 8.06. The largest absolute Gasteiger partial charge is 0.349 e. The summed E-state index contributed by atoms with van der Waals surface area (Å²) < 4.78 is 0. The molecule has 0 spiro atoms. The third kappa shape index (κ3) is 4.22. The molecule has 4 rings (SSSR count). The SMILES string of the molecule is CN1CCN(Cc2ccc(C(=O)NC3CC4CCC(C3)N4)cc2)CC1. The maximum absolute atomic E-state index is 12.5. The quantitative estimate of drug-likeness (QED) is 0.869. The Kier molecular flexibility index (Phi) is 5.06. The standard InChI is InChI=1S/C20H30N4O/c1-23-8-10-24(11-9-23)14-15-2-4-16(5-3-15)20(25)22-19-12-17-6-7-18(13-19)21-17/h2-5,17-19,21H,6-14H2,1H3,(H,22,25). The predicted molar refractivity (Wildman–Crippen MR) is 99.6 cm³/mol. The molecule has 0 aromatic heterocycles. The molecule has 2 unspecified atom stereocenters. The lowest BCUT2D eigenvalue weighted by Crippen LogP contribution is -2.48. The number of rotatable bonds is 4. The first kappa shape index (κ1) is 17.0. The van der Waals surface area contributed by atoms with Gasteiger partial charge in [0.05, 0.1) is 0 Å². The molecule has 2 atom stereocenters. The van der Waals surface area contributed by atoms with Gasteiger partial charge in [-0.25, -0.2) is 0 Å². The molecule has 3 aliphatic rings. The average Bonchev–Trinajstić information content (AvgIpc) is 2.96. The highest BCUT2D eigenvalue weighted by Gasteiger charge is 2.34. The molecule has 0 aliphatic carbocycles. The van der Waals surface area contributed by atoms with Gasteiger partial charge in [-0.15, -0.1) is 0 Å². The summed E-state index contributed by atoms with van der Waals surface area (Å²) in [7, 11) is 2.18. The van der Waals surface area contributed by atoms with Crippen LogP contribution in [0.5, 0.6) is 0 Å². The Morgan fingerprint density at radius 1 is 1.08 bits per heavy atom. The molecule has 2 bridgehead atoms. The second-order valence-electron chi connectivity index (χ2n) is 8.06. The fourth-order valence-electron chi connectivity index (χ4n) is 4.47. The number of fused-ring (bicyclic) bond motifs is 2. The number of piperidine rings is 1. The van der Waals surface area contributed by atoms with E-state index in [-0.39, 0.29) is 5.91 Å². The summed E-state index contributed by atoms with van der Waals surface area (Å²) in [5.41, 5.74) is 2.08. The van der Waals surface area contributed by atoms with Crippen molar-refractivity contribution in [1.29, 1.82) is 0 Å². The Morgan fingerprint density at radius 2 is 1.72 bits per heavy atom. The van der Waals surface area contributed by atoms with Gasteiger partial charge in [0.15, 0.2) is 0 Å². The smallest absolute Gasteiger partial charge is 0.251 e. The number of piperazine rings is 1. The van der Waals surface area contributed by atoms with Crippen LogP contribution < -0.4 is 10.6 Å². The number of nitrogens with one attached hydrogen (secondary N) is 2. The number of carbonyl (C=O) groups excluding carboxylic acids is 1. The van der Waals surface area contributed by atoms with Gasteiger partial charge in [-0.2, -0.15) is 0 Å². The minimum atomic E-state index is 0.0810. The molecule has 5 heteroatoms. The first-order chi connectivity index (χ1) is 12.2. The van der Waals surface area contributed by atoms with Crippen molar-refractivity contribution >= 4 is 5.91 Å². The molecule has 3 saturated heterocycles. The molecule has 3 fully saturated rings. The average molecular weight is 342 g/mol. The summed E-state index contributed by atoms with van der Waals surface area (Å²) in [6, 6.07) is 9.73. The zero-order valence-corrected chi connectivity index (χ0v) is 15.2. The monoisotopic (exact) mass is 342 g/mol. The van der Waals surface area contributed by atoms with Crippen molar-refractivity contribution < 1.29 is 4.79 Å². The molecule has 3 aliphatic heterocycles. The Labute approximate surface area is 150 Å². The van der Waals surface area contributed by atoms with E-state index in [1.54, 1.807) is 0 Å². The van der Waals surface area contributed by atoms with Gasteiger partial charge >= 0.3 is 0 Å². The number of benzene rings is 1. The first-order valence-corrected chi connectivity index (χ1v) is 9.72. The normalized spacial score (nSPS) is 30.4. The third-order valence-electron chi connectivity index (χ3n) is 6.03. The van der Waals surface area contributed by atoms with Crippen LogP contribution in [0.2, 0.25) is 0 Å². The highest BCUT2D eigenvalue weighted by molar-refractivity contribution is 5.94. The molecular formula is C20H30N4O. The molecule has 25 heavy (non-hydrogen) atoms. The van der Waals surface area contributed by atoms with Gasteiger partial charge in [0.25, 0.3) is 5.91 Å². The maximum Gasteiger partial charge on any atom is 0.251 e. The lowest BCUT2D eigenvalue weighted by Gasteiger charge is -2.32. The van der Waals surface area contributed by atoms with Gasteiger partial charge in [-0.05, 0) is 50.4 Å². The van der Waals surface area contributed by atoms with Crippen LogP contribution in [0.25, 0.3) is 0 Å². The summed E-state index contributed by atoms with van der Waals surface area (Å²) in [5.74, 6) is 0.0810. The van der Waals surface area contributed by atoms with Gasteiger partial charge < -0.3 is 15.5 Å². The van der Waals surface area contributed by atoms with Crippen molar-refractivity contribution in [2.24, 2.45) is 0 Å². The predicted octanol–water partition coefficient (Wildman–Crippen LogP) is 1.45. The number of amides is 1. The van der Waals surface area contributed by atoms with E-state index in [0.717, 1.165) is 51.1 Å². The van der Waals surface area contributed by atoms with Crippen LogP contribution in [0.15, 0.2) is 24.3 Å². The summed E-state index contributed by atoms with van der Waals surface area (Å²) in [5, 5.41) is 6.87. The molecule has 3 heterocycles. The third-order valence-corrected chi connectivity index (χ3v) is 6.03. The molecule has 0 radical (unpaired) electrons. The Hall–Kier alpha value is -1.43. The number of hydrogen-bond donors (Lipinski definition) is 2. The topological polar surface area (TPSA) is 47.6 Å². The van der Waals surface area contributed by atoms with Crippen molar-refractivity contribution in [2.75, 3.05) is 33.2 Å².